The Morgan fingerprint density at radius 1 is 0.964 bits per heavy atom. The molecular weight excluding hydrogens is 368 g/mol. The average molecular weight is 386 g/mol. The monoisotopic (exact) mass is 386 g/mol. The molecule has 0 saturated heterocycles. The molecule has 1 unspecified atom stereocenters. The summed E-state index contributed by atoms with van der Waals surface area (Å²) in [7, 11) is 0. The molecule has 0 fully saturated rings. The fourth-order valence-electron chi connectivity index (χ4n) is 2.87. The van der Waals surface area contributed by atoms with E-state index in [1.165, 1.54) is 0 Å². The second-order valence-electron chi connectivity index (χ2n) is 6.32. The van der Waals surface area contributed by atoms with Crippen LogP contribution in [0.1, 0.15) is 33.4 Å². The van der Waals surface area contributed by atoms with Gasteiger partial charge in [0.15, 0.2) is 6.10 Å². The van der Waals surface area contributed by atoms with E-state index < -0.39 is 6.10 Å². The lowest BCUT2D eigenvalue weighted by Crippen LogP contribution is -2.14. The first-order valence-electron chi connectivity index (χ1n) is 8.90. The largest absolute Gasteiger partial charge is 0.447 e. The number of carbonyl (C=O) groups excluding carboxylic acids is 1. The highest BCUT2D eigenvalue weighted by atomic mass is 32.1. The average Bonchev–Trinajstić information content (AvgIpc) is 3.19. The molecule has 5 heteroatoms. The van der Waals surface area contributed by atoms with Gasteiger partial charge in [-0.25, -0.2) is 9.78 Å². The first-order valence-corrected chi connectivity index (χ1v) is 9.78. The molecule has 2 aromatic heterocycles. The first kappa shape index (κ1) is 18.1. The van der Waals surface area contributed by atoms with E-state index in [2.05, 4.69) is 9.97 Å². The minimum Gasteiger partial charge on any atom is -0.447 e. The normalized spacial score (nSPS) is 11.8. The molecule has 4 nitrogen and oxygen atoms in total. The van der Waals surface area contributed by atoms with E-state index in [4.69, 9.17) is 4.74 Å². The van der Waals surface area contributed by atoms with E-state index >= 15 is 0 Å². The van der Waals surface area contributed by atoms with Gasteiger partial charge in [0.2, 0.25) is 0 Å². The molecule has 0 aliphatic carbocycles. The molecule has 0 N–H and O–H groups in total. The van der Waals surface area contributed by atoms with Crippen molar-refractivity contribution in [3.05, 3.63) is 107 Å². The van der Waals surface area contributed by atoms with Gasteiger partial charge >= 0.3 is 5.97 Å². The lowest BCUT2D eigenvalue weighted by Gasteiger charge is -2.18. The van der Waals surface area contributed by atoms with Gasteiger partial charge < -0.3 is 4.74 Å². The molecule has 2 heterocycles. The third-order valence-electron chi connectivity index (χ3n) is 4.27. The maximum Gasteiger partial charge on any atom is 0.339 e. The van der Waals surface area contributed by atoms with Gasteiger partial charge in [-0.2, -0.15) is 0 Å². The van der Waals surface area contributed by atoms with Crippen molar-refractivity contribution < 1.29 is 9.53 Å². The van der Waals surface area contributed by atoms with E-state index in [0.717, 1.165) is 21.8 Å². The zero-order valence-electron chi connectivity index (χ0n) is 15.3. The Hall–Kier alpha value is -3.31. The number of pyridine rings is 1. The fraction of sp³-hybridized carbons (Fsp3) is 0.0870. The molecule has 0 aliphatic heterocycles. The first-order chi connectivity index (χ1) is 13.7. The topological polar surface area (TPSA) is 52.1 Å². The number of carbonyl (C=O) groups is 1. The van der Waals surface area contributed by atoms with Crippen LogP contribution in [-0.2, 0) is 4.74 Å². The standard InChI is InChI=1S/C23H18N2O2S/c1-16-15-28-22(25-16)18-10-12-19(13-11-18)23(26)27-21(17-7-3-2-4-8-17)20-9-5-6-14-24-20/h2-15,21H,1H3. The van der Waals surface area contributed by atoms with Crippen molar-refractivity contribution in [1.29, 1.82) is 0 Å². The number of rotatable bonds is 5. The van der Waals surface area contributed by atoms with E-state index in [1.54, 1.807) is 29.7 Å². The summed E-state index contributed by atoms with van der Waals surface area (Å²) in [6.45, 7) is 1.97. The van der Waals surface area contributed by atoms with Crippen molar-refractivity contribution in [1.82, 2.24) is 9.97 Å². The minimum absolute atomic E-state index is 0.388. The summed E-state index contributed by atoms with van der Waals surface area (Å²) >= 11 is 1.59. The Morgan fingerprint density at radius 3 is 2.36 bits per heavy atom. The summed E-state index contributed by atoms with van der Waals surface area (Å²) in [5.74, 6) is -0.388. The lowest BCUT2D eigenvalue weighted by atomic mass is 10.1. The third kappa shape index (κ3) is 4.00. The molecule has 138 valence electrons. The third-order valence-corrected chi connectivity index (χ3v) is 5.28. The van der Waals surface area contributed by atoms with Crippen LogP contribution in [0.25, 0.3) is 10.6 Å². The quantitative estimate of drug-likeness (QED) is 0.427. The maximum atomic E-state index is 12.8. The predicted molar refractivity (Wildman–Crippen MR) is 110 cm³/mol. The Labute approximate surface area is 167 Å². The van der Waals surface area contributed by atoms with Gasteiger partial charge in [-0.1, -0.05) is 48.5 Å². The molecule has 2 aromatic carbocycles. The maximum absolute atomic E-state index is 12.8. The van der Waals surface area contributed by atoms with Gasteiger partial charge in [0.1, 0.15) is 5.01 Å². The molecule has 0 spiro atoms. The van der Waals surface area contributed by atoms with Gasteiger partial charge in [0.05, 0.1) is 11.3 Å². The predicted octanol–water partition coefficient (Wildman–Crippen LogP) is 5.46. The Balaban J connectivity index is 1.58. The van der Waals surface area contributed by atoms with Crippen molar-refractivity contribution in [3.8, 4) is 10.6 Å². The van der Waals surface area contributed by atoms with Crippen LogP contribution in [0, 0.1) is 6.92 Å². The molecule has 4 rings (SSSR count). The molecule has 0 radical (unpaired) electrons. The van der Waals surface area contributed by atoms with Gasteiger partial charge in [0, 0.05) is 22.8 Å². The zero-order chi connectivity index (χ0) is 19.3. The van der Waals surface area contributed by atoms with E-state index in [0.29, 0.717) is 11.3 Å². The van der Waals surface area contributed by atoms with Crippen molar-refractivity contribution in [3.63, 3.8) is 0 Å². The fourth-order valence-corrected chi connectivity index (χ4v) is 3.67. The van der Waals surface area contributed by atoms with Crippen LogP contribution in [0.2, 0.25) is 0 Å². The summed E-state index contributed by atoms with van der Waals surface area (Å²) in [6.07, 6.45) is 1.14. The van der Waals surface area contributed by atoms with Gasteiger partial charge in [-0.05, 0) is 36.8 Å². The number of aryl methyl sites for hydroxylation is 1. The highest BCUT2D eigenvalue weighted by molar-refractivity contribution is 7.13. The number of esters is 1. The van der Waals surface area contributed by atoms with E-state index in [1.807, 2.05) is 73.0 Å². The Kier molecular flexibility index (Phi) is 5.26. The molecule has 4 aromatic rings. The number of hydrogen-bond donors (Lipinski definition) is 0. The van der Waals surface area contributed by atoms with E-state index in [-0.39, 0.29) is 5.97 Å². The highest BCUT2D eigenvalue weighted by Crippen LogP contribution is 2.27. The molecular formula is C23H18N2O2S. The van der Waals surface area contributed by atoms with Crippen LogP contribution >= 0.6 is 11.3 Å². The minimum atomic E-state index is -0.559. The van der Waals surface area contributed by atoms with Crippen LogP contribution < -0.4 is 0 Å². The van der Waals surface area contributed by atoms with Crippen molar-refractivity contribution in [2.24, 2.45) is 0 Å². The second-order valence-corrected chi connectivity index (χ2v) is 7.18. The summed E-state index contributed by atoms with van der Waals surface area (Å²) < 4.78 is 5.84. The lowest BCUT2D eigenvalue weighted by molar-refractivity contribution is 0.0370. The molecule has 28 heavy (non-hydrogen) atoms. The molecule has 0 amide bonds. The van der Waals surface area contributed by atoms with E-state index in [9.17, 15) is 4.79 Å². The number of aromatic nitrogens is 2. The van der Waals surface area contributed by atoms with Crippen molar-refractivity contribution in [2.45, 2.75) is 13.0 Å². The van der Waals surface area contributed by atoms with Crippen molar-refractivity contribution in [2.75, 3.05) is 0 Å². The summed E-state index contributed by atoms with van der Waals surface area (Å²) in [5.41, 5.74) is 4.04. The highest BCUT2D eigenvalue weighted by Gasteiger charge is 2.21. The summed E-state index contributed by atoms with van der Waals surface area (Å²) in [4.78, 5) is 21.6. The Bertz CT molecular complexity index is 1020. The number of thiazole rings is 1. The van der Waals surface area contributed by atoms with Crippen LogP contribution in [0.5, 0.6) is 0 Å². The summed E-state index contributed by atoms with van der Waals surface area (Å²) in [6, 6.07) is 22.6. The molecule has 0 saturated carbocycles. The van der Waals surface area contributed by atoms with Crippen molar-refractivity contribution >= 4 is 17.3 Å². The molecule has 0 bridgehead atoms. The second kappa shape index (κ2) is 8.15. The smallest absolute Gasteiger partial charge is 0.339 e. The van der Waals surface area contributed by atoms with Crippen LogP contribution in [0.15, 0.2) is 84.4 Å². The van der Waals surface area contributed by atoms with Gasteiger partial charge in [-0.15, -0.1) is 11.3 Å². The van der Waals surface area contributed by atoms with Crippen LogP contribution in [-0.4, -0.2) is 15.9 Å². The number of ether oxygens (including phenoxy) is 1. The van der Waals surface area contributed by atoms with Crippen LogP contribution in [0.4, 0.5) is 0 Å². The zero-order valence-corrected chi connectivity index (χ0v) is 16.1. The Morgan fingerprint density at radius 2 is 1.71 bits per heavy atom. The summed E-state index contributed by atoms with van der Waals surface area (Å²) in [5, 5.41) is 2.95. The van der Waals surface area contributed by atoms with Crippen LogP contribution in [0.3, 0.4) is 0 Å². The number of nitrogens with zero attached hydrogens (tertiary/aromatic N) is 2. The van der Waals surface area contributed by atoms with Gasteiger partial charge in [-0.3, -0.25) is 4.98 Å². The SMILES string of the molecule is Cc1csc(-c2ccc(C(=O)OC(c3ccccc3)c3ccccn3)cc2)n1. The molecule has 0 aliphatic rings. The number of benzene rings is 2. The van der Waals surface area contributed by atoms with Gasteiger partial charge in [0.25, 0.3) is 0 Å². The molecule has 1 atom stereocenters. The number of hydrogen-bond acceptors (Lipinski definition) is 5.